The van der Waals surface area contributed by atoms with Crippen molar-refractivity contribution in [2.24, 2.45) is 4.99 Å². The summed E-state index contributed by atoms with van der Waals surface area (Å²) in [6, 6.07) is 7.53. The van der Waals surface area contributed by atoms with Crippen LogP contribution >= 0.6 is 11.3 Å². The second-order valence-electron chi connectivity index (χ2n) is 4.71. The van der Waals surface area contributed by atoms with Crippen LogP contribution in [0.2, 0.25) is 0 Å². The van der Waals surface area contributed by atoms with E-state index in [2.05, 4.69) is 11.1 Å². The number of aliphatic imine (C=N–C) groups is 1. The number of carbonyl (C=O) groups is 1. The standard InChI is InChI=1S/C16H12N2O4S/c1-9-11(6-17)15(23-14(9)16(19)20-2)18-7-10-3-4-12-13(5-10)22-8-21-12/h3-5,7H,8H2,1-2H3. The number of rotatable bonds is 3. The topological polar surface area (TPSA) is 80.9 Å². The molecule has 0 atom stereocenters. The third-order valence-corrected chi connectivity index (χ3v) is 4.52. The maximum absolute atomic E-state index is 11.7. The Kier molecular flexibility index (Phi) is 4.00. The van der Waals surface area contributed by atoms with Crippen molar-refractivity contribution < 1.29 is 19.0 Å². The molecule has 2 aromatic rings. The summed E-state index contributed by atoms with van der Waals surface area (Å²) in [7, 11) is 1.31. The average molecular weight is 328 g/mol. The lowest BCUT2D eigenvalue weighted by Gasteiger charge is -1.97. The molecule has 7 heteroatoms. The zero-order valence-corrected chi connectivity index (χ0v) is 13.3. The molecule has 0 spiro atoms. The first-order valence-electron chi connectivity index (χ1n) is 6.69. The Bertz CT molecular complexity index is 848. The SMILES string of the molecule is COC(=O)c1sc(N=Cc2ccc3c(c2)OCO3)c(C#N)c1C. The quantitative estimate of drug-likeness (QED) is 0.638. The zero-order valence-electron chi connectivity index (χ0n) is 12.5. The summed E-state index contributed by atoms with van der Waals surface area (Å²) in [6.45, 7) is 1.92. The summed E-state index contributed by atoms with van der Waals surface area (Å²) in [5.41, 5.74) is 1.78. The van der Waals surface area contributed by atoms with Crippen LogP contribution in [-0.2, 0) is 4.74 Å². The van der Waals surface area contributed by atoms with Gasteiger partial charge in [-0.1, -0.05) is 0 Å². The van der Waals surface area contributed by atoms with Crippen LogP contribution in [0.1, 0.15) is 26.4 Å². The molecule has 6 nitrogen and oxygen atoms in total. The fraction of sp³-hybridized carbons (Fsp3) is 0.188. The highest BCUT2D eigenvalue weighted by atomic mass is 32.1. The molecule has 0 fully saturated rings. The number of nitrogens with zero attached hydrogens (tertiary/aromatic N) is 2. The minimum absolute atomic E-state index is 0.209. The Labute approximate surface area is 136 Å². The Hall–Kier alpha value is -2.85. The minimum Gasteiger partial charge on any atom is -0.465 e. The molecule has 1 aliphatic rings. The van der Waals surface area contributed by atoms with Gasteiger partial charge in [0.15, 0.2) is 11.5 Å². The predicted molar refractivity (Wildman–Crippen MR) is 84.9 cm³/mol. The van der Waals surface area contributed by atoms with Gasteiger partial charge in [0.25, 0.3) is 0 Å². The number of methoxy groups -OCH3 is 1. The molecule has 0 saturated carbocycles. The zero-order chi connectivity index (χ0) is 16.4. The monoisotopic (exact) mass is 328 g/mol. The average Bonchev–Trinajstić information content (AvgIpc) is 3.15. The van der Waals surface area contributed by atoms with Crippen molar-refractivity contribution in [3.8, 4) is 17.6 Å². The highest BCUT2D eigenvalue weighted by Crippen LogP contribution is 2.36. The van der Waals surface area contributed by atoms with Crippen molar-refractivity contribution in [2.45, 2.75) is 6.92 Å². The van der Waals surface area contributed by atoms with E-state index in [0.29, 0.717) is 32.5 Å². The molecule has 0 bridgehead atoms. The third kappa shape index (κ3) is 2.76. The lowest BCUT2D eigenvalue weighted by atomic mass is 10.2. The summed E-state index contributed by atoms with van der Waals surface area (Å²) in [5, 5.41) is 9.76. The number of ether oxygens (including phenoxy) is 3. The van der Waals surface area contributed by atoms with Crippen molar-refractivity contribution >= 4 is 28.5 Å². The van der Waals surface area contributed by atoms with E-state index in [1.165, 1.54) is 7.11 Å². The highest BCUT2D eigenvalue weighted by molar-refractivity contribution is 7.18. The van der Waals surface area contributed by atoms with Gasteiger partial charge < -0.3 is 14.2 Å². The van der Waals surface area contributed by atoms with E-state index >= 15 is 0 Å². The van der Waals surface area contributed by atoms with Gasteiger partial charge >= 0.3 is 5.97 Å². The van der Waals surface area contributed by atoms with Crippen molar-refractivity contribution in [1.29, 1.82) is 5.26 Å². The molecule has 0 N–H and O–H groups in total. The maximum atomic E-state index is 11.7. The van der Waals surface area contributed by atoms with Gasteiger partial charge in [0.05, 0.1) is 12.7 Å². The van der Waals surface area contributed by atoms with Gasteiger partial charge in [0, 0.05) is 6.21 Å². The van der Waals surface area contributed by atoms with Gasteiger partial charge in [-0.15, -0.1) is 11.3 Å². The number of esters is 1. The number of hydrogen-bond donors (Lipinski definition) is 0. The van der Waals surface area contributed by atoms with Crippen LogP contribution in [0.3, 0.4) is 0 Å². The molecule has 0 aliphatic carbocycles. The third-order valence-electron chi connectivity index (χ3n) is 3.34. The summed E-state index contributed by atoms with van der Waals surface area (Å²) in [6.07, 6.45) is 1.62. The van der Waals surface area contributed by atoms with E-state index in [-0.39, 0.29) is 6.79 Å². The summed E-state index contributed by atoms with van der Waals surface area (Å²) in [4.78, 5) is 16.4. The molecular formula is C16H12N2O4S. The van der Waals surface area contributed by atoms with Gasteiger partial charge in [-0.2, -0.15) is 5.26 Å². The number of benzene rings is 1. The Morgan fingerprint density at radius 2 is 2.22 bits per heavy atom. The van der Waals surface area contributed by atoms with Gasteiger partial charge in [-0.3, -0.25) is 0 Å². The molecule has 1 aromatic carbocycles. The normalized spacial score (nSPS) is 12.4. The first kappa shape index (κ1) is 15.1. The first-order chi connectivity index (χ1) is 11.1. The van der Waals surface area contributed by atoms with Gasteiger partial charge in [-0.25, -0.2) is 9.79 Å². The van der Waals surface area contributed by atoms with E-state index in [4.69, 9.17) is 14.2 Å². The van der Waals surface area contributed by atoms with E-state index in [0.717, 1.165) is 16.9 Å². The maximum Gasteiger partial charge on any atom is 0.348 e. The smallest absolute Gasteiger partial charge is 0.348 e. The number of hydrogen-bond acceptors (Lipinski definition) is 7. The number of fused-ring (bicyclic) bond motifs is 1. The molecule has 1 aliphatic heterocycles. The minimum atomic E-state index is -0.464. The Balaban J connectivity index is 1.93. The van der Waals surface area contributed by atoms with Crippen LogP contribution in [0.5, 0.6) is 11.5 Å². The lowest BCUT2D eigenvalue weighted by Crippen LogP contribution is -1.99. The molecule has 116 valence electrons. The van der Waals surface area contributed by atoms with E-state index < -0.39 is 5.97 Å². The highest BCUT2D eigenvalue weighted by Gasteiger charge is 2.20. The Morgan fingerprint density at radius 1 is 1.43 bits per heavy atom. The van der Waals surface area contributed by atoms with E-state index in [1.54, 1.807) is 25.3 Å². The van der Waals surface area contributed by atoms with Gasteiger partial charge in [-0.05, 0) is 36.2 Å². The van der Waals surface area contributed by atoms with Gasteiger partial charge in [0.1, 0.15) is 15.9 Å². The van der Waals surface area contributed by atoms with Crippen molar-refractivity contribution in [2.75, 3.05) is 13.9 Å². The van der Waals surface area contributed by atoms with Gasteiger partial charge in [0.2, 0.25) is 6.79 Å². The summed E-state index contributed by atoms with van der Waals surface area (Å²) >= 11 is 1.14. The van der Waals surface area contributed by atoms with Crippen LogP contribution in [0.15, 0.2) is 23.2 Å². The predicted octanol–water partition coefficient (Wildman–Crippen LogP) is 3.19. The fourth-order valence-electron chi connectivity index (χ4n) is 2.13. The van der Waals surface area contributed by atoms with Crippen molar-refractivity contribution in [3.05, 3.63) is 39.8 Å². The first-order valence-corrected chi connectivity index (χ1v) is 7.51. The number of carbonyl (C=O) groups excluding carboxylic acids is 1. The molecule has 23 heavy (non-hydrogen) atoms. The van der Waals surface area contributed by atoms with Crippen molar-refractivity contribution in [3.63, 3.8) is 0 Å². The van der Waals surface area contributed by atoms with E-state index in [9.17, 15) is 10.1 Å². The molecule has 0 radical (unpaired) electrons. The second-order valence-corrected chi connectivity index (χ2v) is 5.71. The number of nitriles is 1. The van der Waals surface area contributed by atoms with Crippen LogP contribution in [0.25, 0.3) is 0 Å². The largest absolute Gasteiger partial charge is 0.465 e. The molecule has 1 aromatic heterocycles. The van der Waals surface area contributed by atoms with Crippen LogP contribution in [0, 0.1) is 18.3 Å². The summed E-state index contributed by atoms with van der Waals surface area (Å²) < 4.78 is 15.3. The Morgan fingerprint density at radius 3 is 2.96 bits per heavy atom. The van der Waals surface area contributed by atoms with Crippen molar-refractivity contribution in [1.82, 2.24) is 0 Å². The molecule has 2 heterocycles. The summed E-state index contributed by atoms with van der Waals surface area (Å²) in [5.74, 6) is 0.889. The van der Waals surface area contributed by atoms with Crippen LogP contribution < -0.4 is 9.47 Å². The molecule has 0 saturated heterocycles. The fourth-order valence-corrected chi connectivity index (χ4v) is 3.16. The molecule has 3 rings (SSSR count). The number of thiophene rings is 1. The molecule has 0 unspecified atom stereocenters. The van der Waals surface area contributed by atoms with Crippen LogP contribution in [-0.4, -0.2) is 26.1 Å². The lowest BCUT2D eigenvalue weighted by molar-refractivity contribution is 0.0605. The second kappa shape index (κ2) is 6.10. The van der Waals surface area contributed by atoms with E-state index in [1.807, 2.05) is 6.07 Å². The molecule has 0 amide bonds. The molecular weight excluding hydrogens is 316 g/mol. The van der Waals surface area contributed by atoms with Crippen LogP contribution in [0.4, 0.5) is 5.00 Å².